The number of nitriles is 1. The van der Waals surface area contributed by atoms with Gasteiger partial charge in [0.15, 0.2) is 0 Å². The van der Waals surface area contributed by atoms with Crippen molar-refractivity contribution >= 4 is 10.9 Å². The summed E-state index contributed by atoms with van der Waals surface area (Å²) < 4.78 is 3.87. The number of para-hydroxylation sites is 1. The van der Waals surface area contributed by atoms with E-state index < -0.39 is 0 Å². The van der Waals surface area contributed by atoms with Crippen LogP contribution in [0.15, 0.2) is 61.1 Å². The van der Waals surface area contributed by atoms with Gasteiger partial charge in [0, 0.05) is 17.3 Å². The molecule has 0 spiro atoms. The summed E-state index contributed by atoms with van der Waals surface area (Å²) >= 11 is 0. The number of phenolic OH excluding ortho intramolecular Hbond substituents is 1. The molecule has 5 heteroatoms. The summed E-state index contributed by atoms with van der Waals surface area (Å²) in [5.74, 6) is 0.945. The topological polar surface area (TPSA) is 66.8 Å². The first kappa shape index (κ1) is 14.1. The van der Waals surface area contributed by atoms with Crippen LogP contribution >= 0.6 is 0 Å². The van der Waals surface area contributed by atoms with Crippen molar-refractivity contribution in [1.82, 2.24) is 14.1 Å². The van der Waals surface area contributed by atoms with Gasteiger partial charge in [0.1, 0.15) is 29.5 Å². The highest BCUT2D eigenvalue weighted by molar-refractivity contribution is 5.92. The van der Waals surface area contributed by atoms with Gasteiger partial charge in [0.05, 0.1) is 11.2 Å². The Morgan fingerprint density at radius 1 is 1.08 bits per heavy atom. The van der Waals surface area contributed by atoms with Crippen LogP contribution in [0.4, 0.5) is 0 Å². The number of aromatic nitrogens is 3. The van der Waals surface area contributed by atoms with E-state index >= 15 is 0 Å². The Hall–Kier alpha value is -3.52. The lowest BCUT2D eigenvalue weighted by molar-refractivity contribution is 0.475. The van der Waals surface area contributed by atoms with E-state index in [1.165, 1.54) is 0 Å². The summed E-state index contributed by atoms with van der Waals surface area (Å²) in [6.07, 6.45) is 3.60. The summed E-state index contributed by atoms with van der Waals surface area (Å²) in [6, 6.07) is 17.1. The van der Waals surface area contributed by atoms with E-state index in [2.05, 4.69) is 11.1 Å². The molecule has 0 fully saturated rings. The van der Waals surface area contributed by atoms with Gasteiger partial charge in [0.25, 0.3) is 0 Å². The van der Waals surface area contributed by atoms with Crippen molar-refractivity contribution in [3.05, 3.63) is 72.3 Å². The minimum Gasteiger partial charge on any atom is -0.508 e. The second-order valence-corrected chi connectivity index (χ2v) is 5.60. The lowest BCUT2D eigenvalue weighted by Gasteiger charge is -2.11. The first-order valence-corrected chi connectivity index (χ1v) is 7.53. The van der Waals surface area contributed by atoms with Gasteiger partial charge in [-0.15, -0.1) is 0 Å². The third kappa shape index (κ3) is 2.05. The van der Waals surface area contributed by atoms with Crippen molar-refractivity contribution in [2.75, 3.05) is 0 Å². The third-order valence-corrected chi connectivity index (χ3v) is 4.03. The zero-order valence-electron chi connectivity index (χ0n) is 13.0. The van der Waals surface area contributed by atoms with E-state index in [9.17, 15) is 10.4 Å². The van der Waals surface area contributed by atoms with Gasteiger partial charge in [-0.3, -0.25) is 9.13 Å². The number of benzene rings is 2. The summed E-state index contributed by atoms with van der Waals surface area (Å²) in [5.41, 5.74) is 3.27. The van der Waals surface area contributed by atoms with E-state index in [1.54, 1.807) is 18.5 Å². The lowest BCUT2D eigenvalue weighted by atomic mass is 10.2. The Morgan fingerprint density at radius 3 is 2.50 bits per heavy atom. The van der Waals surface area contributed by atoms with Crippen LogP contribution in [0.25, 0.3) is 22.4 Å². The lowest BCUT2D eigenvalue weighted by Crippen LogP contribution is -2.03. The summed E-state index contributed by atoms with van der Waals surface area (Å²) in [7, 11) is 0. The van der Waals surface area contributed by atoms with E-state index in [-0.39, 0.29) is 5.75 Å². The molecule has 2 aromatic carbocycles. The number of hydrogen-bond donors (Lipinski definition) is 1. The van der Waals surface area contributed by atoms with Crippen LogP contribution in [0.1, 0.15) is 11.3 Å². The molecule has 2 aromatic heterocycles. The highest BCUT2D eigenvalue weighted by Crippen LogP contribution is 2.32. The molecule has 0 unspecified atom stereocenters. The molecule has 0 radical (unpaired) electrons. The third-order valence-electron chi connectivity index (χ3n) is 4.03. The largest absolute Gasteiger partial charge is 0.508 e. The molecule has 0 bridgehead atoms. The zero-order chi connectivity index (χ0) is 16.7. The average Bonchev–Trinajstić information content (AvgIpc) is 3.16. The normalized spacial score (nSPS) is 10.8. The van der Waals surface area contributed by atoms with Crippen LogP contribution in [0.5, 0.6) is 5.75 Å². The minimum absolute atomic E-state index is 0.204. The molecule has 5 nitrogen and oxygen atoms in total. The predicted octanol–water partition coefficient (Wildman–Crippen LogP) is 3.70. The monoisotopic (exact) mass is 314 g/mol. The highest BCUT2D eigenvalue weighted by atomic mass is 16.3. The van der Waals surface area contributed by atoms with Crippen molar-refractivity contribution in [3.63, 3.8) is 0 Å². The first-order chi connectivity index (χ1) is 11.7. The van der Waals surface area contributed by atoms with Crippen LogP contribution in [0, 0.1) is 18.3 Å². The number of phenols is 1. The smallest absolute Gasteiger partial charge is 0.142 e. The number of fused-ring (bicyclic) bond motifs is 1. The molecule has 1 N–H and O–H groups in total. The van der Waals surface area contributed by atoms with Crippen molar-refractivity contribution in [3.8, 4) is 23.3 Å². The molecule has 0 aliphatic rings. The van der Waals surface area contributed by atoms with Crippen LogP contribution < -0.4 is 0 Å². The molecule has 0 saturated heterocycles. The molecule has 0 amide bonds. The van der Waals surface area contributed by atoms with Crippen molar-refractivity contribution in [2.24, 2.45) is 0 Å². The molecule has 4 aromatic rings. The molecule has 24 heavy (non-hydrogen) atoms. The van der Waals surface area contributed by atoms with E-state index in [0.29, 0.717) is 5.56 Å². The number of rotatable bonds is 2. The maximum atomic E-state index is 9.75. The Bertz CT molecular complexity index is 1080. The molecule has 2 heterocycles. The fraction of sp³-hybridized carbons (Fsp3) is 0.0526. The van der Waals surface area contributed by atoms with Gasteiger partial charge in [-0.25, -0.2) is 4.98 Å². The molecular weight excluding hydrogens is 300 g/mol. The predicted molar refractivity (Wildman–Crippen MR) is 91.5 cm³/mol. The summed E-state index contributed by atoms with van der Waals surface area (Å²) in [6.45, 7) is 1.91. The van der Waals surface area contributed by atoms with Crippen LogP contribution in [-0.4, -0.2) is 19.2 Å². The SMILES string of the molecule is Cc1cn(-c2c(C#N)c3ccccc3n2-c2ccc(O)cc2)cn1. The summed E-state index contributed by atoms with van der Waals surface area (Å²) in [5, 5.41) is 20.2. The van der Waals surface area contributed by atoms with Gasteiger partial charge in [0.2, 0.25) is 0 Å². The van der Waals surface area contributed by atoms with Gasteiger partial charge < -0.3 is 5.11 Å². The quantitative estimate of drug-likeness (QED) is 0.613. The van der Waals surface area contributed by atoms with Crippen molar-refractivity contribution in [1.29, 1.82) is 5.26 Å². The van der Waals surface area contributed by atoms with Crippen LogP contribution in [0.3, 0.4) is 0 Å². The molecule has 0 atom stereocenters. The highest BCUT2D eigenvalue weighted by Gasteiger charge is 2.19. The number of hydrogen-bond acceptors (Lipinski definition) is 3. The second-order valence-electron chi connectivity index (χ2n) is 5.60. The van der Waals surface area contributed by atoms with Gasteiger partial charge >= 0.3 is 0 Å². The number of aryl methyl sites for hydroxylation is 1. The maximum absolute atomic E-state index is 9.75. The van der Waals surface area contributed by atoms with E-state index in [4.69, 9.17) is 0 Å². The molecule has 0 aliphatic carbocycles. The first-order valence-electron chi connectivity index (χ1n) is 7.53. The molecular formula is C19H14N4O. The number of imidazole rings is 1. The minimum atomic E-state index is 0.204. The fourth-order valence-electron chi connectivity index (χ4n) is 2.98. The molecule has 0 saturated carbocycles. The Balaban J connectivity index is 2.14. The number of nitrogens with zero attached hydrogens (tertiary/aromatic N) is 4. The Kier molecular flexibility index (Phi) is 3.10. The Morgan fingerprint density at radius 2 is 1.83 bits per heavy atom. The second kappa shape index (κ2) is 5.28. The van der Waals surface area contributed by atoms with E-state index in [0.717, 1.165) is 28.1 Å². The summed E-state index contributed by atoms with van der Waals surface area (Å²) in [4.78, 5) is 4.29. The number of aromatic hydroxyl groups is 1. The molecule has 116 valence electrons. The van der Waals surface area contributed by atoms with Gasteiger partial charge in [-0.05, 0) is 37.3 Å². The zero-order valence-corrected chi connectivity index (χ0v) is 13.0. The fourth-order valence-corrected chi connectivity index (χ4v) is 2.98. The maximum Gasteiger partial charge on any atom is 0.142 e. The van der Waals surface area contributed by atoms with Crippen molar-refractivity contribution < 1.29 is 5.11 Å². The standard InChI is InChI=1S/C19H14N4O/c1-13-11-22(12-21-13)19-17(10-20)16-4-2-3-5-18(16)23(19)14-6-8-15(24)9-7-14/h2-9,11-12,24H,1H3. The van der Waals surface area contributed by atoms with Crippen molar-refractivity contribution in [2.45, 2.75) is 6.92 Å². The average molecular weight is 314 g/mol. The van der Waals surface area contributed by atoms with E-state index in [1.807, 2.05) is 58.7 Å². The van der Waals surface area contributed by atoms with Crippen LogP contribution in [0.2, 0.25) is 0 Å². The molecule has 0 aliphatic heterocycles. The molecule has 4 rings (SSSR count). The van der Waals surface area contributed by atoms with Gasteiger partial charge in [-0.2, -0.15) is 5.26 Å². The Labute approximate surface area is 138 Å². The van der Waals surface area contributed by atoms with Crippen LogP contribution in [-0.2, 0) is 0 Å². The van der Waals surface area contributed by atoms with Gasteiger partial charge in [-0.1, -0.05) is 18.2 Å².